The second-order valence-corrected chi connectivity index (χ2v) is 7.85. The van der Waals surface area contributed by atoms with Crippen LogP contribution in [0.3, 0.4) is 0 Å². The number of hydrogen-bond donors (Lipinski definition) is 1. The van der Waals surface area contributed by atoms with Crippen LogP contribution in [0.4, 0.5) is 19.1 Å². The lowest BCUT2D eigenvalue weighted by Gasteiger charge is -2.37. The summed E-state index contributed by atoms with van der Waals surface area (Å²) < 4.78 is 44.4. The van der Waals surface area contributed by atoms with Crippen LogP contribution in [0.1, 0.15) is 61.7 Å². The van der Waals surface area contributed by atoms with Gasteiger partial charge < -0.3 is 14.7 Å². The maximum atomic E-state index is 12.8. The van der Waals surface area contributed by atoms with Gasteiger partial charge in [0, 0.05) is 26.2 Å². The van der Waals surface area contributed by atoms with Crippen molar-refractivity contribution >= 4 is 11.9 Å². The van der Waals surface area contributed by atoms with Crippen molar-refractivity contribution in [3.63, 3.8) is 0 Å². The van der Waals surface area contributed by atoms with E-state index in [0.29, 0.717) is 12.0 Å². The first-order valence-corrected chi connectivity index (χ1v) is 8.97. The Labute approximate surface area is 160 Å². The maximum Gasteiger partial charge on any atom is 0.435 e. The molecule has 1 fully saturated rings. The third-order valence-electron chi connectivity index (χ3n) is 4.74. The quantitative estimate of drug-likeness (QED) is 0.849. The van der Waals surface area contributed by atoms with Crippen LogP contribution in [0.15, 0.2) is 10.6 Å². The summed E-state index contributed by atoms with van der Waals surface area (Å²) in [5, 5.41) is 9.89. The normalized spacial score (nSPS) is 18.2. The van der Waals surface area contributed by atoms with Gasteiger partial charge in [0.2, 0.25) is 0 Å². The number of amides is 1. The molecule has 0 bridgehead atoms. The molecule has 1 N–H and O–H groups in total. The van der Waals surface area contributed by atoms with E-state index in [2.05, 4.69) is 34.4 Å². The summed E-state index contributed by atoms with van der Waals surface area (Å²) in [5.74, 6) is -0.0782. The molecule has 1 aliphatic rings. The van der Waals surface area contributed by atoms with E-state index in [1.807, 2.05) is 4.90 Å². The van der Waals surface area contributed by atoms with E-state index in [1.54, 1.807) is 6.92 Å². The number of aromatic nitrogens is 4. The van der Waals surface area contributed by atoms with Crippen molar-refractivity contribution in [1.82, 2.24) is 25.2 Å². The highest BCUT2D eigenvalue weighted by Crippen LogP contribution is 2.31. The van der Waals surface area contributed by atoms with E-state index in [-0.39, 0.29) is 17.0 Å². The minimum absolute atomic E-state index is 0.147. The largest absolute Gasteiger partial charge is 0.435 e. The second-order valence-electron chi connectivity index (χ2n) is 7.85. The van der Waals surface area contributed by atoms with Crippen molar-refractivity contribution in [2.24, 2.45) is 12.5 Å². The standard InChI is InChI=1S/C17H23F3N6O2/c1-10(21-13(27)11-8-12(17(18,19)20)23-25(11)4)14-22-15(24-28-14)26-7-5-6-16(2,3)9-26/h8,10H,5-7,9H2,1-4H3,(H,21,27)/t10-/m0/s1. The average molecular weight is 400 g/mol. The Morgan fingerprint density at radius 3 is 2.71 bits per heavy atom. The minimum atomic E-state index is -4.62. The molecule has 8 nitrogen and oxygen atoms in total. The number of hydrogen-bond acceptors (Lipinski definition) is 6. The van der Waals surface area contributed by atoms with Gasteiger partial charge in [-0.15, -0.1) is 0 Å². The molecule has 3 rings (SSSR count). The number of nitrogens with one attached hydrogen (secondary N) is 1. The number of nitrogens with zero attached hydrogens (tertiary/aromatic N) is 5. The molecular formula is C17H23F3N6O2. The van der Waals surface area contributed by atoms with E-state index >= 15 is 0 Å². The average Bonchev–Trinajstić information content (AvgIpc) is 3.20. The van der Waals surface area contributed by atoms with Crippen molar-refractivity contribution in [1.29, 1.82) is 0 Å². The fourth-order valence-electron chi connectivity index (χ4n) is 3.28. The third-order valence-corrected chi connectivity index (χ3v) is 4.74. The summed E-state index contributed by atoms with van der Waals surface area (Å²) in [5.41, 5.74) is -1.19. The van der Waals surface area contributed by atoms with Gasteiger partial charge >= 0.3 is 6.18 Å². The number of alkyl halides is 3. The van der Waals surface area contributed by atoms with E-state index in [4.69, 9.17) is 4.52 Å². The Morgan fingerprint density at radius 2 is 2.11 bits per heavy atom. The first-order chi connectivity index (χ1) is 13.0. The Bertz CT molecular complexity index is 857. The predicted octanol–water partition coefficient (Wildman–Crippen LogP) is 2.94. The predicted molar refractivity (Wildman–Crippen MR) is 93.6 cm³/mol. The smallest absolute Gasteiger partial charge is 0.339 e. The molecule has 2 aromatic rings. The van der Waals surface area contributed by atoms with Crippen LogP contribution < -0.4 is 10.2 Å². The van der Waals surface area contributed by atoms with Gasteiger partial charge in [-0.1, -0.05) is 13.8 Å². The highest BCUT2D eigenvalue weighted by molar-refractivity contribution is 5.92. The molecule has 1 atom stereocenters. The summed E-state index contributed by atoms with van der Waals surface area (Å²) in [6.45, 7) is 7.58. The van der Waals surface area contributed by atoms with Crippen molar-refractivity contribution in [2.75, 3.05) is 18.0 Å². The monoisotopic (exact) mass is 400 g/mol. The summed E-state index contributed by atoms with van der Waals surface area (Å²) in [6, 6.07) is 0.0349. The molecule has 3 heterocycles. The van der Waals surface area contributed by atoms with Gasteiger partial charge in [-0.3, -0.25) is 9.48 Å². The summed E-state index contributed by atoms with van der Waals surface area (Å²) in [6.07, 6.45) is -2.48. The molecule has 11 heteroatoms. The van der Waals surface area contributed by atoms with E-state index in [9.17, 15) is 18.0 Å². The number of carbonyl (C=O) groups excluding carboxylic acids is 1. The second kappa shape index (κ2) is 7.10. The van der Waals surface area contributed by atoms with Crippen LogP contribution in [-0.4, -0.2) is 38.9 Å². The highest BCUT2D eigenvalue weighted by Gasteiger charge is 2.36. The van der Waals surface area contributed by atoms with Crippen LogP contribution in [0, 0.1) is 5.41 Å². The summed E-state index contributed by atoms with van der Waals surface area (Å²) in [4.78, 5) is 18.7. The number of halogens is 3. The third kappa shape index (κ3) is 4.28. The van der Waals surface area contributed by atoms with Gasteiger partial charge in [-0.05, 0) is 30.3 Å². The van der Waals surface area contributed by atoms with Gasteiger partial charge in [0.25, 0.3) is 17.7 Å². The van der Waals surface area contributed by atoms with Crippen LogP contribution in [-0.2, 0) is 13.2 Å². The maximum absolute atomic E-state index is 12.8. The number of carbonyl (C=O) groups is 1. The molecule has 0 aliphatic carbocycles. The lowest BCUT2D eigenvalue weighted by atomic mass is 9.84. The number of anilines is 1. The summed E-state index contributed by atoms with van der Waals surface area (Å²) >= 11 is 0. The molecule has 2 aromatic heterocycles. The zero-order valence-electron chi connectivity index (χ0n) is 16.2. The molecule has 0 saturated carbocycles. The number of piperidine rings is 1. The van der Waals surface area contributed by atoms with Gasteiger partial charge in [0.1, 0.15) is 11.7 Å². The molecule has 0 aromatic carbocycles. The molecule has 1 saturated heterocycles. The highest BCUT2D eigenvalue weighted by atomic mass is 19.4. The first kappa shape index (κ1) is 20.2. The van der Waals surface area contributed by atoms with Crippen molar-refractivity contribution in [3.05, 3.63) is 23.3 Å². The Kier molecular flexibility index (Phi) is 5.11. The minimum Gasteiger partial charge on any atom is -0.339 e. The van der Waals surface area contributed by atoms with E-state index < -0.39 is 23.8 Å². The van der Waals surface area contributed by atoms with E-state index in [0.717, 1.165) is 30.6 Å². The van der Waals surface area contributed by atoms with Gasteiger partial charge in [0.15, 0.2) is 5.69 Å². The fraction of sp³-hybridized carbons (Fsp3) is 0.647. The van der Waals surface area contributed by atoms with Crippen molar-refractivity contribution in [2.45, 2.75) is 45.8 Å². The first-order valence-electron chi connectivity index (χ1n) is 8.97. The Balaban J connectivity index is 1.69. The number of rotatable bonds is 4. The fourth-order valence-corrected chi connectivity index (χ4v) is 3.28. The lowest BCUT2D eigenvalue weighted by molar-refractivity contribution is -0.141. The van der Waals surface area contributed by atoms with Gasteiger partial charge in [-0.25, -0.2) is 0 Å². The zero-order chi connectivity index (χ0) is 20.7. The molecule has 1 aliphatic heterocycles. The van der Waals surface area contributed by atoms with Gasteiger partial charge in [0.05, 0.1) is 0 Å². The van der Waals surface area contributed by atoms with Gasteiger partial charge in [-0.2, -0.15) is 23.3 Å². The number of aryl methyl sites for hydroxylation is 1. The van der Waals surface area contributed by atoms with E-state index in [1.165, 1.54) is 7.05 Å². The lowest BCUT2D eigenvalue weighted by Crippen LogP contribution is -2.40. The molecule has 28 heavy (non-hydrogen) atoms. The Hall–Kier alpha value is -2.59. The molecular weight excluding hydrogens is 377 g/mol. The van der Waals surface area contributed by atoms with Crippen molar-refractivity contribution in [3.8, 4) is 0 Å². The molecule has 154 valence electrons. The topological polar surface area (TPSA) is 89.1 Å². The zero-order valence-corrected chi connectivity index (χ0v) is 16.2. The van der Waals surface area contributed by atoms with Crippen LogP contribution >= 0.6 is 0 Å². The molecule has 1 amide bonds. The molecule has 0 spiro atoms. The van der Waals surface area contributed by atoms with Crippen LogP contribution in [0.25, 0.3) is 0 Å². The molecule has 0 unspecified atom stereocenters. The summed E-state index contributed by atoms with van der Waals surface area (Å²) in [7, 11) is 1.28. The van der Waals surface area contributed by atoms with Crippen LogP contribution in [0.2, 0.25) is 0 Å². The SMILES string of the molecule is C[C@H](NC(=O)c1cc(C(F)(F)F)nn1C)c1nc(N2CCCC(C)(C)C2)no1. The Morgan fingerprint density at radius 1 is 1.39 bits per heavy atom. The van der Waals surface area contributed by atoms with Crippen LogP contribution in [0.5, 0.6) is 0 Å². The van der Waals surface area contributed by atoms with Crippen molar-refractivity contribution < 1.29 is 22.5 Å². The molecule has 0 radical (unpaired) electrons.